The van der Waals surface area contributed by atoms with Gasteiger partial charge < -0.3 is 10.1 Å². The molecule has 3 aromatic carbocycles. The minimum atomic E-state index is -0.306. The highest BCUT2D eigenvalue weighted by Gasteiger charge is 2.18. The zero-order chi connectivity index (χ0) is 21.6. The maximum absolute atomic E-state index is 12.8. The summed E-state index contributed by atoms with van der Waals surface area (Å²) >= 11 is 0. The quantitative estimate of drug-likeness (QED) is 0.501. The van der Waals surface area contributed by atoms with Gasteiger partial charge in [-0.1, -0.05) is 72.3 Å². The van der Waals surface area contributed by atoms with E-state index >= 15 is 0 Å². The van der Waals surface area contributed by atoms with Crippen LogP contribution in [0.1, 0.15) is 22.7 Å². The van der Waals surface area contributed by atoms with E-state index < -0.39 is 0 Å². The molecule has 1 atom stereocenters. The Labute approximate surface area is 180 Å². The van der Waals surface area contributed by atoms with E-state index in [1.54, 1.807) is 7.11 Å². The number of hydrogen-bond acceptors (Lipinski definition) is 5. The number of ether oxygens (including phenoxy) is 1. The number of amides is 1. The summed E-state index contributed by atoms with van der Waals surface area (Å²) in [7, 11) is 1.63. The van der Waals surface area contributed by atoms with Crippen LogP contribution in [0.4, 0.5) is 0 Å². The standard InChI is InChI=1S/C24H23N5O2/c1-17-8-10-20(11-9-17)24-26-28-29(27-24)16-22(30)25-23(18-6-4-3-5-7-18)19-12-14-21(31-2)15-13-19/h3-15,23H,16H2,1-2H3,(H,25,30)/t23-/m0/s1. The van der Waals surface area contributed by atoms with E-state index in [2.05, 4.69) is 20.7 Å². The largest absolute Gasteiger partial charge is 0.497 e. The predicted molar refractivity (Wildman–Crippen MR) is 117 cm³/mol. The summed E-state index contributed by atoms with van der Waals surface area (Å²) in [5, 5.41) is 15.5. The average Bonchev–Trinajstić information content (AvgIpc) is 3.27. The Bertz CT molecular complexity index is 1140. The van der Waals surface area contributed by atoms with Crippen molar-refractivity contribution in [2.24, 2.45) is 0 Å². The fraction of sp³-hybridized carbons (Fsp3) is 0.167. The third kappa shape index (κ3) is 4.95. The third-order valence-corrected chi connectivity index (χ3v) is 4.94. The SMILES string of the molecule is COc1ccc([C@@H](NC(=O)Cn2nnc(-c3ccc(C)cc3)n2)c2ccccc2)cc1. The first-order valence-corrected chi connectivity index (χ1v) is 9.95. The molecule has 7 nitrogen and oxygen atoms in total. The molecule has 0 bridgehead atoms. The summed E-state index contributed by atoms with van der Waals surface area (Å²) in [6.45, 7) is 1.99. The second-order valence-corrected chi connectivity index (χ2v) is 7.19. The molecule has 1 N–H and O–H groups in total. The number of methoxy groups -OCH3 is 1. The van der Waals surface area contributed by atoms with Crippen LogP contribution in [-0.2, 0) is 11.3 Å². The Morgan fingerprint density at radius 2 is 1.65 bits per heavy atom. The van der Waals surface area contributed by atoms with Gasteiger partial charge in [0, 0.05) is 5.56 Å². The molecular formula is C24H23N5O2. The highest BCUT2D eigenvalue weighted by Crippen LogP contribution is 2.24. The highest BCUT2D eigenvalue weighted by molar-refractivity contribution is 5.76. The van der Waals surface area contributed by atoms with Crippen LogP contribution in [0, 0.1) is 6.92 Å². The van der Waals surface area contributed by atoms with Gasteiger partial charge in [-0.2, -0.15) is 4.80 Å². The smallest absolute Gasteiger partial charge is 0.244 e. The second-order valence-electron chi connectivity index (χ2n) is 7.19. The maximum atomic E-state index is 12.8. The normalized spacial score (nSPS) is 11.7. The Hall–Kier alpha value is -4.00. The van der Waals surface area contributed by atoms with Gasteiger partial charge in [-0.25, -0.2) is 0 Å². The molecule has 4 rings (SSSR count). The molecule has 0 radical (unpaired) electrons. The van der Waals surface area contributed by atoms with Gasteiger partial charge in [-0.05, 0) is 35.4 Å². The predicted octanol–water partition coefficient (Wildman–Crippen LogP) is 3.56. The molecule has 4 aromatic rings. The van der Waals surface area contributed by atoms with E-state index in [4.69, 9.17) is 4.74 Å². The lowest BCUT2D eigenvalue weighted by Crippen LogP contribution is -2.32. The van der Waals surface area contributed by atoms with Gasteiger partial charge in [0.25, 0.3) is 0 Å². The van der Waals surface area contributed by atoms with Gasteiger partial charge in [0.15, 0.2) is 0 Å². The van der Waals surface area contributed by atoms with Crippen LogP contribution in [0.25, 0.3) is 11.4 Å². The van der Waals surface area contributed by atoms with E-state index in [1.165, 1.54) is 4.80 Å². The van der Waals surface area contributed by atoms with Gasteiger partial charge >= 0.3 is 0 Å². The lowest BCUT2D eigenvalue weighted by atomic mass is 9.98. The minimum Gasteiger partial charge on any atom is -0.497 e. The van der Waals surface area contributed by atoms with Crippen molar-refractivity contribution in [2.45, 2.75) is 19.5 Å². The van der Waals surface area contributed by atoms with Crippen molar-refractivity contribution in [1.29, 1.82) is 0 Å². The average molecular weight is 413 g/mol. The van der Waals surface area contributed by atoms with Crippen LogP contribution >= 0.6 is 0 Å². The topological polar surface area (TPSA) is 81.9 Å². The molecule has 0 saturated carbocycles. The van der Waals surface area contributed by atoms with E-state index in [0.29, 0.717) is 5.82 Å². The molecule has 7 heteroatoms. The number of nitrogens with zero attached hydrogens (tertiary/aromatic N) is 4. The zero-order valence-corrected chi connectivity index (χ0v) is 17.4. The molecule has 1 aromatic heterocycles. The van der Waals surface area contributed by atoms with Crippen LogP contribution in [0.15, 0.2) is 78.9 Å². The second kappa shape index (κ2) is 9.21. The first kappa shape index (κ1) is 20.3. The van der Waals surface area contributed by atoms with Gasteiger partial charge in [0.2, 0.25) is 11.7 Å². The lowest BCUT2D eigenvalue weighted by Gasteiger charge is -2.20. The monoisotopic (exact) mass is 413 g/mol. The van der Waals surface area contributed by atoms with Crippen LogP contribution in [-0.4, -0.2) is 33.2 Å². The fourth-order valence-electron chi connectivity index (χ4n) is 3.26. The molecule has 0 unspecified atom stereocenters. The van der Waals surface area contributed by atoms with Crippen LogP contribution < -0.4 is 10.1 Å². The Morgan fingerprint density at radius 1 is 0.968 bits per heavy atom. The van der Waals surface area contributed by atoms with Crippen molar-refractivity contribution in [3.63, 3.8) is 0 Å². The van der Waals surface area contributed by atoms with Crippen LogP contribution in [0.5, 0.6) is 5.75 Å². The summed E-state index contributed by atoms with van der Waals surface area (Å²) in [6, 6.07) is 25.0. The number of aromatic nitrogens is 4. The molecule has 0 aliphatic carbocycles. The fourth-order valence-corrected chi connectivity index (χ4v) is 3.26. The summed E-state index contributed by atoms with van der Waals surface area (Å²) in [5.74, 6) is 1.04. The summed E-state index contributed by atoms with van der Waals surface area (Å²) < 4.78 is 5.25. The maximum Gasteiger partial charge on any atom is 0.244 e. The van der Waals surface area contributed by atoms with Gasteiger partial charge in [-0.15, -0.1) is 10.2 Å². The zero-order valence-electron chi connectivity index (χ0n) is 17.4. The van der Waals surface area contributed by atoms with Gasteiger partial charge in [0.05, 0.1) is 13.2 Å². The van der Waals surface area contributed by atoms with Gasteiger partial charge in [0.1, 0.15) is 12.3 Å². The molecule has 1 amide bonds. The molecule has 31 heavy (non-hydrogen) atoms. The Kier molecular flexibility index (Phi) is 6.03. The van der Waals surface area contributed by atoms with Crippen molar-refractivity contribution in [2.75, 3.05) is 7.11 Å². The van der Waals surface area contributed by atoms with Crippen LogP contribution in [0.2, 0.25) is 0 Å². The third-order valence-electron chi connectivity index (χ3n) is 4.94. The number of hydrogen-bond donors (Lipinski definition) is 1. The first-order valence-electron chi connectivity index (χ1n) is 9.95. The number of carbonyl (C=O) groups excluding carboxylic acids is 1. The van der Waals surface area contributed by atoms with Crippen molar-refractivity contribution in [3.05, 3.63) is 95.6 Å². The number of rotatable bonds is 7. The Balaban J connectivity index is 1.50. The Morgan fingerprint density at radius 3 is 2.32 bits per heavy atom. The molecule has 1 heterocycles. The summed E-state index contributed by atoms with van der Waals surface area (Å²) in [4.78, 5) is 14.1. The van der Waals surface area contributed by atoms with E-state index in [9.17, 15) is 4.79 Å². The first-order chi connectivity index (χ1) is 15.1. The number of benzene rings is 3. The summed E-state index contributed by atoms with van der Waals surface area (Å²) in [5.41, 5.74) is 3.94. The minimum absolute atomic E-state index is 0.0294. The molecule has 0 saturated heterocycles. The van der Waals surface area contributed by atoms with E-state index in [-0.39, 0.29) is 18.5 Å². The molecule has 0 aliphatic heterocycles. The number of carbonyl (C=O) groups is 1. The van der Waals surface area contributed by atoms with Gasteiger partial charge in [-0.3, -0.25) is 4.79 Å². The number of tetrazole rings is 1. The number of nitrogens with one attached hydrogen (secondary N) is 1. The van der Waals surface area contributed by atoms with Crippen molar-refractivity contribution in [3.8, 4) is 17.1 Å². The lowest BCUT2D eigenvalue weighted by molar-refractivity contribution is -0.122. The molecule has 0 aliphatic rings. The molecular weight excluding hydrogens is 390 g/mol. The molecule has 0 spiro atoms. The summed E-state index contributed by atoms with van der Waals surface area (Å²) in [6.07, 6.45) is 0. The van der Waals surface area contributed by atoms with Crippen molar-refractivity contribution < 1.29 is 9.53 Å². The molecule has 156 valence electrons. The molecule has 0 fully saturated rings. The van der Waals surface area contributed by atoms with E-state index in [1.807, 2.05) is 85.8 Å². The van der Waals surface area contributed by atoms with Crippen LogP contribution in [0.3, 0.4) is 0 Å². The van der Waals surface area contributed by atoms with Crippen molar-refractivity contribution in [1.82, 2.24) is 25.5 Å². The van der Waals surface area contributed by atoms with Crippen molar-refractivity contribution >= 4 is 5.91 Å². The highest BCUT2D eigenvalue weighted by atomic mass is 16.5. The number of aryl methyl sites for hydroxylation is 1. The van der Waals surface area contributed by atoms with E-state index in [0.717, 1.165) is 28.0 Å².